The van der Waals surface area contributed by atoms with Gasteiger partial charge in [-0.2, -0.15) is 0 Å². The molecule has 0 unspecified atom stereocenters. The van der Waals surface area contributed by atoms with E-state index in [-0.39, 0.29) is 27.8 Å². The highest BCUT2D eigenvalue weighted by molar-refractivity contribution is 9.10. The van der Waals surface area contributed by atoms with Crippen molar-refractivity contribution >= 4 is 37.5 Å². The topological polar surface area (TPSA) is 101 Å². The minimum atomic E-state index is -3.93. The summed E-state index contributed by atoms with van der Waals surface area (Å²) in [4.78, 5) is 18.0. The molecule has 0 aliphatic rings. The summed E-state index contributed by atoms with van der Waals surface area (Å²) in [7, 11) is 1.26. The summed E-state index contributed by atoms with van der Waals surface area (Å²) in [6.45, 7) is 1.16. The molecule has 1 aromatic carbocycles. The van der Waals surface area contributed by atoms with Gasteiger partial charge in [-0.15, -0.1) is 0 Å². The number of rotatable bonds is 8. The van der Waals surface area contributed by atoms with Crippen molar-refractivity contribution in [3.8, 4) is 5.75 Å². The van der Waals surface area contributed by atoms with E-state index in [1.54, 1.807) is 12.1 Å². The summed E-state index contributed by atoms with van der Waals surface area (Å²) < 4.78 is 33.6. The molecule has 27 heavy (non-hydrogen) atoms. The van der Waals surface area contributed by atoms with Crippen LogP contribution in [0.25, 0.3) is 0 Å². The van der Waals surface area contributed by atoms with Crippen LogP contribution in [0.5, 0.6) is 5.75 Å². The molecule has 8 nitrogen and oxygen atoms in total. The minimum Gasteiger partial charge on any atom is -0.495 e. The van der Waals surface area contributed by atoms with Gasteiger partial charge in [0.05, 0.1) is 24.6 Å². The first kappa shape index (κ1) is 21.1. The highest BCUT2D eigenvalue weighted by Gasteiger charge is 2.21. The van der Waals surface area contributed by atoms with Crippen LogP contribution in [0, 0.1) is 0 Å². The fourth-order valence-electron chi connectivity index (χ4n) is 2.19. The molecule has 0 fully saturated rings. The van der Waals surface area contributed by atoms with Crippen LogP contribution in [0.4, 0.5) is 5.69 Å². The summed E-state index contributed by atoms with van der Waals surface area (Å²) >= 11 is 3.25. The number of methoxy groups -OCH3 is 1. The number of nitrogens with zero attached hydrogens (tertiary/aromatic N) is 2. The SMILES string of the molecule is COc1ccc(Br)cc1S(=O)(=O)Nc1cncc(C(=O)NCCN(C)C)c1. The van der Waals surface area contributed by atoms with Crippen LogP contribution in [0.15, 0.2) is 46.0 Å². The van der Waals surface area contributed by atoms with Gasteiger partial charge in [-0.1, -0.05) is 15.9 Å². The van der Waals surface area contributed by atoms with Crippen molar-refractivity contribution in [2.75, 3.05) is 39.0 Å². The number of nitrogens with one attached hydrogen (secondary N) is 2. The molecule has 0 aliphatic heterocycles. The Labute approximate surface area is 167 Å². The first-order valence-electron chi connectivity index (χ1n) is 7.97. The zero-order valence-corrected chi connectivity index (χ0v) is 17.6. The van der Waals surface area contributed by atoms with Gasteiger partial charge in [0.15, 0.2) is 0 Å². The summed E-state index contributed by atoms with van der Waals surface area (Å²) in [6.07, 6.45) is 2.71. The average molecular weight is 457 g/mol. The summed E-state index contributed by atoms with van der Waals surface area (Å²) in [6, 6.07) is 6.09. The van der Waals surface area contributed by atoms with E-state index in [2.05, 4.69) is 31.0 Å². The Kier molecular flexibility index (Phi) is 7.17. The molecule has 1 amide bonds. The highest BCUT2D eigenvalue weighted by atomic mass is 79.9. The Balaban J connectivity index is 2.20. The van der Waals surface area contributed by atoms with E-state index in [0.717, 1.165) is 0 Å². The lowest BCUT2D eigenvalue weighted by atomic mass is 10.2. The molecule has 2 aromatic rings. The van der Waals surface area contributed by atoms with Crippen molar-refractivity contribution < 1.29 is 17.9 Å². The number of ether oxygens (including phenoxy) is 1. The second-order valence-corrected chi connectivity index (χ2v) is 8.49. The maximum absolute atomic E-state index is 12.7. The largest absolute Gasteiger partial charge is 0.495 e. The van der Waals surface area contributed by atoms with Gasteiger partial charge < -0.3 is 15.0 Å². The quantitative estimate of drug-likeness (QED) is 0.629. The average Bonchev–Trinajstić information content (AvgIpc) is 2.61. The van der Waals surface area contributed by atoms with Gasteiger partial charge in [-0.25, -0.2) is 8.42 Å². The molecule has 0 radical (unpaired) electrons. The molecule has 0 bridgehead atoms. The first-order valence-corrected chi connectivity index (χ1v) is 10.2. The van der Waals surface area contributed by atoms with Crippen LogP contribution in [0.3, 0.4) is 0 Å². The summed E-state index contributed by atoms with van der Waals surface area (Å²) in [5.74, 6) is -0.123. The number of pyridine rings is 1. The van der Waals surface area contributed by atoms with Gasteiger partial charge in [0.25, 0.3) is 15.9 Å². The van der Waals surface area contributed by atoms with Gasteiger partial charge in [0, 0.05) is 23.8 Å². The molecule has 1 aromatic heterocycles. The van der Waals surface area contributed by atoms with Crippen molar-refractivity contribution in [2.45, 2.75) is 4.90 Å². The predicted octanol–water partition coefficient (Wildman–Crippen LogP) is 1.94. The fraction of sp³-hybridized carbons (Fsp3) is 0.294. The van der Waals surface area contributed by atoms with Crippen LogP contribution >= 0.6 is 15.9 Å². The number of halogens is 1. The third-order valence-electron chi connectivity index (χ3n) is 3.51. The van der Waals surface area contributed by atoms with Gasteiger partial charge in [0.2, 0.25) is 0 Å². The Morgan fingerprint density at radius 1 is 1.26 bits per heavy atom. The second kappa shape index (κ2) is 9.16. The minimum absolute atomic E-state index is 0.0276. The second-order valence-electron chi connectivity index (χ2n) is 5.92. The molecule has 146 valence electrons. The number of aromatic nitrogens is 1. The number of carbonyl (C=O) groups excluding carboxylic acids is 1. The normalized spacial score (nSPS) is 11.3. The number of hydrogen-bond acceptors (Lipinski definition) is 6. The highest BCUT2D eigenvalue weighted by Crippen LogP contribution is 2.28. The van der Waals surface area contributed by atoms with E-state index in [1.165, 1.54) is 31.6 Å². The molecular weight excluding hydrogens is 436 g/mol. The molecular formula is C17H21BrN4O4S. The molecule has 2 rings (SSSR count). The van der Waals surface area contributed by atoms with E-state index in [4.69, 9.17) is 4.74 Å². The molecule has 0 atom stereocenters. The number of sulfonamides is 1. The lowest BCUT2D eigenvalue weighted by Gasteiger charge is -2.13. The molecule has 0 saturated heterocycles. The third kappa shape index (κ3) is 5.91. The molecule has 2 N–H and O–H groups in total. The lowest BCUT2D eigenvalue weighted by molar-refractivity contribution is 0.0950. The van der Waals surface area contributed by atoms with Crippen LogP contribution in [-0.2, 0) is 10.0 Å². The van der Waals surface area contributed by atoms with Gasteiger partial charge in [-0.05, 0) is 38.4 Å². The van der Waals surface area contributed by atoms with Crippen LogP contribution < -0.4 is 14.8 Å². The van der Waals surface area contributed by atoms with E-state index in [1.807, 2.05) is 19.0 Å². The van der Waals surface area contributed by atoms with Crippen LogP contribution in [-0.4, -0.2) is 58.5 Å². The molecule has 10 heteroatoms. The Morgan fingerprint density at radius 2 is 2.00 bits per heavy atom. The Hall–Kier alpha value is -2.17. The third-order valence-corrected chi connectivity index (χ3v) is 5.41. The summed E-state index contributed by atoms with van der Waals surface area (Å²) in [5.41, 5.74) is 0.437. The van der Waals surface area contributed by atoms with Crippen molar-refractivity contribution in [1.82, 2.24) is 15.2 Å². The van der Waals surface area contributed by atoms with Crippen molar-refractivity contribution in [3.05, 3.63) is 46.7 Å². The number of likely N-dealkylation sites (N-methyl/N-ethyl adjacent to an activating group) is 1. The van der Waals surface area contributed by atoms with E-state index >= 15 is 0 Å². The number of carbonyl (C=O) groups is 1. The molecule has 1 heterocycles. The zero-order chi connectivity index (χ0) is 20.0. The van der Waals surface area contributed by atoms with E-state index in [9.17, 15) is 13.2 Å². The molecule has 0 aliphatic carbocycles. The smallest absolute Gasteiger partial charge is 0.265 e. The van der Waals surface area contributed by atoms with Crippen molar-refractivity contribution in [3.63, 3.8) is 0 Å². The first-order chi connectivity index (χ1) is 12.7. The maximum Gasteiger partial charge on any atom is 0.265 e. The van der Waals surface area contributed by atoms with E-state index < -0.39 is 10.0 Å². The lowest BCUT2D eigenvalue weighted by Crippen LogP contribution is -2.31. The zero-order valence-electron chi connectivity index (χ0n) is 15.2. The van der Waals surface area contributed by atoms with Gasteiger partial charge >= 0.3 is 0 Å². The maximum atomic E-state index is 12.7. The van der Waals surface area contributed by atoms with Crippen LogP contribution in [0.2, 0.25) is 0 Å². The van der Waals surface area contributed by atoms with Crippen molar-refractivity contribution in [2.24, 2.45) is 0 Å². The number of amides is 1. The number of benzene rings is 1. The van der Waals surface area contributed by atoms with Crippen LogP contribution in [0.1, 0.15) is 10.4 Å². The Bertz CT molecular complexity index is 919. The van der Waals surface area contributed by atoms with Crippen molar-refractivity contribution in [1.29, 1.82) is 0 Å². The number of hydrogen-bond donors (Lipinski definition) is 2. The number of anilines is 1. The Morgan fingerprint density at radius 3 is 2.67 bits per heavy atom. The standard InChI is InChI=1S/C17H21BrN4O4S/c1-22(2)7-6-20-17(23)12-8-14(11-19-10-12)21-27(24,25)16-9-13(18)4-5-15(16)26-3/h4-5,8-11,21H,6-7H2,1-3H3,(H,20,23). The molecule has 0 saturated carbocycles. The fourth-order valence-corrected chi connectivity index (χ4v) is 3.93. The van der Waals surface area contributed by atoms with E-state index in [0.29, 0.717) is 17.6 Å². The van der Waals surface area contributed by atoms with Gasteiger partial charge in [0.1, 0.15) is 10.6 Å². The predicted molar refractivity (Wildman–Crippen MR) is 107 cm³/mol. The molecule has 0 spiro atoms. The van der Waals surface area contributed by atoms with Gasteiger partial charge in [-0.3, -0.25) is 14.5 Å². The monoisotopic (exact) mass is 456 g/mol. The summed E-state index contributed by atoms with van der Waals surface area (Å²) in [5, 5.41) is 2.75.